The van der Waals surface area contributed by atoms with Crippen molar-refractivity contribution in [1.82, 2.24) is 20.2 Å². The second-order valence-electron chi connectivity index (χ2n) is 7.68. The highest BCUT2D eigenvalue weighted by Gasteiger charge is 2.30. The average molecular weight is 454 g/mol. The van der Waals surface area contributed by atoms with Crippen LogP contribution in [0.5, 0.6) is 0 Å². The van der Waals surface area contributed by atoms with E-state index in [0.29, 0.717) is 44.1 Å². The number of benzene rings is 1. The molecule has 1 aliphatic heterocycles. The molecule has 11 nitrogen and oxygen atoms in total. The molecule has 3 rings (SSSR count). The summed E-state index contributed by atoms with van der Waals surface area (Å²) in [5.41, 5.74) is 6.09. The first-order valence-corrected chi connectivity index (χ1v) is 10.7. The van der Waals surface area contributed by atoms with E-state index in [1.165, 1.54) is 17.9 Å². The van der Waals surface area contributed by atoms with Gasteiger partial charge in [-0.2, -0.15) is 0 Å². The van der Waals surface area contributed by atoms with Gasteiger partial charge in [0, 0.05) is 44.7 Å². The zero-order chi connectivity index (χ0) is 23.8. The zero-order valence-electron chi connectivity index (χ0n) is 18.3. The Bertz CT molecular complexity index is 1030. The van der Waals surface area contributed by atoms with E-state index in [9.17, 15) is 19.2 Å². The Balaban J connectivity index is 1.75. The minimum absolute atomic E-state index is 0.122. The normalized spacial score (nSPS) is 15.4. The summed E-state index contributed by atoms with van der Waals surface area (Å²) in [6, 6.07) is 10.7. The van der Waals surface area contributed by atoms with Gasteiger partial charge >= 0.3 is 11.8 Å². The summed E-state index contributed by atoms with van der Waals surface area (Å²) < 4.78 is 0. The molecule has 1 unspecified atom stereocenters. The molecule has 1 aliphatic rings. The van der Waals surface area contributed by atoms with E-state index in [2.05, 4.69) is 25.9 Å². The molecule has 1 saturated heterocycles. The third-order valence-corrected chi connectivity index (χ3v) is 5.11. The number of likely N-dealkylation sites (tertiary alicyclic amines) is 1. The van der Waals surface area contributed by atoms with Crippen LogP contribution in [0.25, 0.3) is 11.4 Å². The van der Waals surface area contributed by atoms with Crippen LogP contribution in [-0.4, -0.2) is 64.7 Å². The highest BCUT2D eigenvalue weighted by molar-refractivity contribution is 6.39. The number of carbonyl (C=O) groups is 4. The Morgan fingerprint density at radius 2 is 1.82 bits per heavy atom. The summed E-state index contributed by atoms with van der Waals surface area (Å²) in [6.07, 6.45) is 1.20. The lowest BCUT2D eigenvalue weighted by molar-refractivity contribution is -0.145. The number of piperidine rings is 1. The van der Waals surface area contributed by atoms with Crippen molar-refractivity contribution in [2.24, 2.45) is 11.7 Å². The predicted octanol–water partition coefficient (Wildman–Crippen LogP) is 0.354. The van der Waals surface area contributed by atoms with Gasteiger partial charge in [-0.05, 0) is 12.8 Å². The molecule has 0 radical (unpaired) electrons. The molecule has 2 aromatic rings. The highest BCUT2D eigenvalue weighted by Crippen LogP contribution is 2.21. The van der Waals surface area contributed by atoms with Gasteiger partial charge in [-0.15, -0.1) is 0 Å². The van der Waals surface area contributed by atoms with E-state index < -0.39 is 23.6 Å². The molecule has 0 saturated carbocycles. The largest absolute Gasteiger partial charge is 0.369 e. The van der Waals surface area contributed by atoms with Crippen molar-refractivity contribution in [3.05, 3.63) is 36.4 Å². The molecule has 4 amide bonds. The molecule has 1 aromatic heterocycles. The van der Waals surface area contributed by atoms with Crippen molar-refractivity contribution >= 4 is 35.3 Å². The number of hydrogen-bond donors (Lipinski definition) is 4. The number of nitrogens with two attached hydrogens (primary N) is 1. The average Bonchev–Trinajstić information content (AvgIpc) is 2.81. The van der Waals surface area contributed by atoms with Crippen LogP contribution in [0.3, 0.4) is 0 Å². The number of primary amides is 1. The van der Waals surface area contributed by atoms with Crippen LogP contribution in [0.4, 0.5) is 11.6 Å². The van der Waals surface area contributed by atoms with Crippen molar-refractivity contribution in [1.29, 1.82) is 0 Å². The molecule has 1 fully saturated rings. The summed E-state index contributed by atoms with van der Waals surface area (Å²) in [6.45, 7) is 2.72. The first-order chi connectivity index (χ1) is 15.8. The monoisotopic (exact) mass is 453 g/mol. The van der Waals surface area contributed by atoms with E-state index in [-0.39, 0.29) is 18.3 Å². The lowest BCUT2D eigenvalue weighted by Gasteiger charge is -2.30. The van der Waals surface area contributed by atoms with Crippen molar-refractivity contribution in [2.75, 3.05) is 36.8 Å². The first kappa shape index (κ1) is 23.6. The van der Waals surface area contributed by atoms with Gasteiger partial charge in [0.05, 0.1) is 5.92 Å². The topological polar surface area (TPSA) is 159 Å². The van der Waals surface area contributed by atoms with E-state index in [1.807, 2.05) is 30.3 Å². The van der Waals surface area contributed by atoms with E-state index in [4.69, 9.17) is 5.73 Å². The van der Waals surface area contributed by atoms with Crippen molar-refractivity contribution in [3.63, 3.8) is 0 Å². The number of aromatic nitrogens is 2. The van der Waals surface area contributed by atoms with Crippen LogP contribution in [0.1, 0.15) is 19.8 Å². The lowest BCUT2D eigenvalue weighted by Crippen LogP contribution is -2.47. The molecule has 0 aliphatic carbocycles. The maximum atomic E-state index is 12.6. The second kappa shape index (κ2) is 11.0. The standard InChI is InChI=1S/C22H27N7O4/c1-14(30)24-9-10-25-17-12-18(27-20(26-17)15-6-3-2-4-7-15)28-21(32)22(33)29-11-5-8-16(13-29)19(23)31/h2-4,6-7,12,16H,5,8-11,13H2,1H3,(H2,23,31)(H,24,30)(H2,25,26,27,28,32). The SMILES string of the molecule is CC(=O)NCCNc1cc(NC(=O)C(=O)N2CCCC(C(N)=O)C2)nc(-c2ccccc2)n1. The Kier molecular flexibility index (Phi) is 7.90. The molecule has 0 spiro atoms. The lowest BCUT2D eigenvalue weighted by atomic mass is 9.97. The van der Waals surface area contributed by atoms with Gasteiger partial charge in [0.2, 0.25) is 11.8 Å². The molecular formula is C22H27N7O4. The first-order valence-electron chi connectivity index (χ1n) is 10.7. The van der Waals surface area contributed by atoms with Gasteiger partial charge < -0.3 is 26.6 Å². The Labute approximate surface area is 191 Å². The van der Waals surface area contributed by atoms with Crippen molar-refractivity contribution in [2.45, 2.75) is 19.8 Å². The van der Waals surface area contributed by atoms with Gasteiger partial charge in [-0.1, -0.05) is 30.3 Å². The third-order valence-electron chi connectivity index (χ3n) is 5.11. The molecular weight excluding hydrogens is 426 g/mol. The number of rotatable bonds is 7. The fourth-order valence-electron chi connectivity index (χ4n) is 3.45. The Hall–Kier alpha value is -4.02. The molecule has 0 bridgehead atoms. The molecule has 1 atom stereocenters. The van der Waals surface area contributed by atoms with Gasteiger partial charge in [-0.3, -0.25) is 19.2 Å². The number of anilines is 2. The van der Waals surface area contributed by atoms with Crippen LogP contribution in [0.15, 0.2) is 36.4 Å². The minimum Gasteiger partial charge on any atom is -0.369 e. The number of amides is 4. The van der Waals surface area contributed by atoms with Gasteiger partial charge in [0.25, 0.3) is 0 Å². The summed E-state index contributed by atoms with van der Waals surface area (Å²) in [4.78, 5) is 58.0. The number of carbonyl (C=O) groups excluding carboxylic acids is 4. The minimum atomic E-state index is -0.859. The van der Waals surface area contributed by atoms with Crippen LogP contribution >= 0.6 is 0 Å². The summed E-state index contributed by atoms with van der Waals surface area (Å²) in [5.74, 6) is -1.77. The number of hydrogen-bond acceptors (Lipinski definition) is 7. The summed E-state index contributed by atoms with van der Waals surface area (Å²) in [5, 5.41) is 8.28. The fourth-order valence-corrected chi connectivity index (χ4v) is 3.45. The molecule has 2 heterocycles. The summed E-state index contributed by atoms with van der Waals surface area (Å²) in [7, 11) is 0. The van der Waals surface area contributed by atoms with E-state index in [1.54, 1.807) is 0 Å². The summed E-state index contributed by atoms with van der Waals surface area (Å²) >= 11 is 0. The smallest absolute Gasteiger partial charge is 0.315 e. The molecule has 33 heavy (non-hydrogen) atoms. The van der Waals surface area contributed by atoms with Crippen molar-refractivity contribution < 1.29 is 19.2 Å². The van der Waals surface area contributed by atoms with Crippen LogP contribution in [0, 0.1) is 5.92 Å². The van der Waals surface area contributed by atoms with Crippen LogP contribution in [0.2, 0.25) is 0 Å². The van der Waals surface area contributed by atoms with Crippen LogP contribution < -0.4 is 21.7 Å². The third kappa shape index (κ3) is 6.73. The maximum Gasteiger partial charge on any atom is 0.315 e. The van der Waals surface area contributed by atoms with Crippen molar-refractivity contribution in [3.8, 4) is 11.4 Å². The quantitative estimate of drug-likeness (QED) is 0.348. The van der Waals surface area contributed by atoms with Crippen LogP contribution in [-0.2, 0) is 19.2 Å². The number of nitrogens with zero attached hydrogens (tertiary/aromatic N) is 3. The molecule has 11 heteroatoms. The predicted molar refractivity (Wildman–Crippen MR) is 122 cm³/mol. The highest BCUT2D eigenvalue weighted by atomic mass is 16.2. The second-order valence-corrected chi connectivity index (χ2v) is 7.68. The molecule has 5 N–H and O–H groups in total. The zero-order valence-corrected chi connectivity index (χ0v) is 18.3. The Morgan fingerprint density at radius 3 is 2.52 bits per heavy atom. The molecule has 1 aromatic carbocycles. The number of nitrogens with one attached hydrogen (secondary N) is 3. The maximum absolute atomic E-state index is 12.6. The Morgan fingerprint density at radius 1 is 1.09 bits per heavy atom. The van der Waals surface area contributed by atoms with E-state index >= 15 is 0 Å². The van der Waals surface area contributed by atoms with E-state index in [0.717, 1.165) is 5.56 Å². The van der Waals surface area contributed by atoms with Gasteiger partial charge in [0.1, 0.15) is 11.6 Å². The van der Waals surface area contributed by atoms with Gasteiger partial charge in [0.15, 0.2) is 5.82 Å². The molecule has 174 valence electrons. The fraction of sp³-hybridized carbons (Fsp3) is 0.364. The van der Waals surface area contributed by atoms with Gasteiger partial charge in [-0.25, -0.2) is 9.97 Å².